The van der Waals surface area contributed by atoms with Gasteiger partial charge >= 0.3 is 0 Å². The Morgan fingerprint density at radius 1 is 1.06 bits per heavy atom. The zero-order chi connectivity index (χ0) is 25.2. The maximum atomic E-state index is 13.7. The van der Waals surface area contributed by atoms with Crippen molar-refractivity contribution in [2.75, 3.05) is 13.1 Å². The molecule has 2 unspecified atom stereocenters. The molecule has 0 aromatic heterocycles. The number of primary amides is 1. The minimum absolute atomic E-state index is 0.0152. The Kier molecular flexibility index (Phi) is 10.7. The van der Waals surface area contributed by atoms with Crippen LogP contribution in [0, 0.1) is 5.92 Å². The second-order valence-corrected chi connectivity index (χ2v) is 11.2. The lowest BCUT2D eigenvalue weighted by molar-refractivity contribution is -0.118. The summed E-state index contributed by atoms with van der Waals surface area (Å²) in [6.45, 7) is 6.49. The first-order chi connectivity index (χ1) is 16.0. The second-order valence-electron chi connectivity index (χ2n) is 9.35. The number of sulfonamides is 1. The molecule has 0 fully saturated rings. The van der Waals surface area contributed by atoms with Crippen molar-refractivity contribution in [2.45, 2.75) is 69.5 Å². The predicted molar refractivity (Wildman–Crippen MR) is 135 cm³/mol. The lowest BCUT2D eigenvalue weighted by atomic mass is 9.98. The molecule has 4 N–H and O–H groups in total. The molecular weight excluding hydrogens is 450 g/mol. The van der Waals surface area contributed by atoms with Crippen molar-refractivity contribution in [3.8, 4) is 0 Å². The summed E-state index contributed by atoms with van der Waals surface area (Å²) in [6, 6.07) is 17.8. The van der Waals surface area contributed by atoms with Crippen molar-refractivity contribution >= 4 is 15.9 Å². The van der Waals surface area contributed by atoms with Gasteiger partial charge in [-0.3, -0.25) is 4.79 Å². The molecule has 1 amide bonds. The molecule has 0 saturated carbocycles. The Balaban J connectivity index is 2.30. The van der Waals surface area contributed by atoms with Crippen molar-refractivity contribution in [1.29, 1.82) is 0 Å². The van der Waals surface area contributed by atoms with Crippen LogP contribution in [-0.4, -0.2) is 48.6 Å². The lowest BCUT2D eigenvalue weighted by Crippen LogP contribution is -2.55. The maximum absolute atomic E-state index is 13.7. The molecule has 0 aliphatic carbocycles. The number of nitrogens with one attached hydrogen (secondary N) is 1. The number of benzene rings is 2. The molecule has 2 aromatic rings. The fourth-order valence-electron chi connectivity index (χ4n) is 3.97. The summed E-state index contributed by atoms with van der Waals surface area (Å²) >= 11 is 0. The minimum Gasteiger partial charge on any atom is -0.374 e. The van der Waals surface area contributed by atoms with E-state index in [2.05, 4.69) is 5.32 Å². The van der Waals surface area contributed by atoms with Gasteiger partial charge in [0, 0.05) is 31.8 Å². The Bertz CT molecular complexity index is 984. The number of hydrogen-bond acceptors (Lipinski definition) is 5. The van der Waals surface area contributed by atoms with Crippen LogP contribution in [0.2, 0.25) is 0 Å². The first kappa shape index (κ1) is 28.0. The Morgan fingerprint density at radius 3 is 2.21 bits per heavy atom. The van der Waals surface area contributed by atoms with Crippen molar-refractivity contribution in [3.05, 3.63) is 66.2 Å². The van der Waals surface area contributed by atoms with Crippen LogP contribution in [0.5, 0.6) is 0 Å². The first-order valence-electron chi connectivity index (χ1n) is 11.9. The van der Waals surface area contributed by atoms with Gasteiger partial charge in [0.25, 0.3) is 0 Å². The third kappa shape index (κ3) is 8.51. The van der Waals surface area contributed by atoms with E-state index in [9.17, 15) is 18.3 Å². The molecule has 2 aromatic carbocycles. The van der Waals surface area contributed by atoms with E-state index in [0.717, 1.165) is 12.0 Å². The van der Waals surface area contributed by atoms with Crippen molar-refractivity contribution < 1.29 is 18.3 Å². The van der Waals surface area contributed by atoms with Crippen LogP contribution in [0.4, 0.5) is 0 Å². The summed E-state index contributed by atoms with van der Waals surface area (Å²) in [5.41, 5.74) is 4.45. The van der Waals surface area contributed by atoms with Crippen LogP contribution in [-0.2, 0) is 21.2 Å². The average molecular weight is 490 g/mol. The van der Waals surface area contributed by atoms with E-state index in [1.54, 1.807) is 30.3 Å². The molecule has 0 aliphatic rings. The van der Waals surface area contributed by atoms with Gasteiger partial charge in [0.2, 0.25) is 15.9 Å². The zero-order valence-electron chi connectivity index (χ0n) is 20.5. The number of amides is 1. The van der Waals surface area contributed by atoms with Gasteiger partial charge in [-0.25, -0.2) is 8.42 Å². The van der Waals surface area contributed by atoms with E-state index < -0.39 is 15.7 Å². The Morgan fingerprint density at radius 2 is 1.65 bits per heavy atom. The zero-order valence-corrected chi connectivity index (χ0v) is 21.3. The highest BCUT2D eigenvalue weighted by Gasteiger charge is 2.42. The van der Waals surface area contributed by atoms with Crippen LogP contribution in [0.15, 0.2) is 65.6 Å². The largest absolute Gasteiger partial charge is 0.374 e. The van der Waals surface area contributed by atoms with Gasteiger partial charge in [0.15, 0.2) is 0 Å². The van der Waals surface area contributed by atoms with E-state index in [0.29, 0.717) is 19.4 Å². The molecule has 0 saturated heterocycles. The van der Waals surface area contributed by atoms with Crippen LogP contribution >= 0.6 is 0 Å². The molecule has 0 heterocycles. The van der Waals surface area contributed by atoms with Gasteiger partial charge < -0.3 is 16.2 Å². The number of aliphatic hydroxyl groups is 1. The molecule has 34 heavy (non-hydrogen) atoms. The van der Waals surface area contributed by atoms with Gasteiger partial charge in [-0.05, 0) is 49.9 Å². The summed E-state index contributed by atoms with van der Waals surface area (Å²) in [7, 11) is -3.94. The standard InChI is InChI=1S/C26H39N3O4S/c1-21(2)20-29(34(32,33)24-14-8-5-9-15-24)26(31,19-23-12-6-4-7-13-23)17-18-28-22(3)11-10-16-25(27)30/h4-9,12-15,21-22,28,31H,10-11,16-20H2,1-3H3,(H2,27,30). The summed E-state index contributed by atoms with van der Waals surface area (Å²) in [5.74, 6) is -0.304. The van der Waals surface area contributed by atoms with Gasteiger partial charge in [-0.15, -0.1) is 0 Å². The lowest BCUT2D eigenvalue weighted by Gasteiger charge is -2.40. The fourth-order valence-corrected chi connectivity index (χ4v) is 5.82. The number of rotatable bonds is 15. The Labute approximate surface area is 204 Å². The number of carbonyl (C=O) groups excluding carboxylic acids is 1. The number of nitrogens with two attached hydrogens (primary N) is 1. The van der Waals surface area contributed by atoms with Crippen LogP contribution in [0.3, 0.4) is 0 Å². The molecule has 0 spiro atoms. The quantitative estimate of drug-likeness (QED) is 0.332. The van der Waals surface area contributed by atoms with Crippen molar-refractivity contribution in [3.63, 3.8) is 0 Å². The Hall–Kier alpha value is -2.26. The van der Waals surface area contributed by atoms with Gasteiger partial charge in [-0.2, -0.15) is 4.31 Å². The van der Waals surface area contributed by atoms with E-state index in [4.69, 9.17) is 5.73 Å². The maximum Gasteiger partial charge on any atom is 0.245 e. The van der Waals surface area contributed by atoms with E-state index >= 15 is 0 Å². The predicted octanol–water partition coefficient (Wildman–Crippen LogP) is 3.29. The van der Waals surface area contributed by atoms with Crippen molar-refractivity contribution in [2.24, 2.45) is 11.7 Å². The van der Waals surface area contributed by atoms with Gasteiger partial charge in [0.1, 0.15) is 5.72 Å². The normalized spacial score (nSPS) is 14.8. The molecule has 8 heteroatoms. The summed E-state index contributed by atoms with van der Waals surface area (Å²) < 4.78 is 28.7. The molecule has 0 bridgehead atoms. The van der Waals surface area contributed by atoms with Gasteiger partial charge in [0.05, 0.1) is 4.90 Å². The molecule has 188 valence electrons. The highest BCUT2D eigenvalue weighted by Crippen LogP contribution is 2.30. The third-order valence-electron chi connectivity index (χ3n) is 5.73. The number of hydrogen-bond donors (Lipinski definition) is 3. The van der Waals surface area contributed by atoms with Crippen LogP contribution < -0.4 is 11.1 Å². The third-order valence-corrected chi connectivity index (χ3v) is 7.67. The fraction of sp³-hybridized carbons (Fsp3) is 0.500. The molecule has 0 radical (unpaired) electrons. The SMILES string of the molecule is CC(C)CN(C(O)(CCNC(C)CCCC(N)=O)Cc1ccccc1)S(=O)(=O)c1ccccc1. The number of carbonyl (C=O) groups is 1. The van der Waals surface area contributed by atoms with Crippen LogP contribution in [0.1, 0.15) is 52.0 Å². The topological polar surface area (TPSA) is 113 Å². The molecule has 0 aliphatic heterocycles. The minimum atomic E-state index is -3.94. The highest BCUT2D eigenvalue weighted by molar-refractivity contribution is 7.89. The smallest absolute Gasteiger partial charge is 0.245 e. The van der Waals surface area contributed by atoms with E-state index in [1.807, 2.05) is 51.1 Å². The van der Waals surface area contributed by atoms with Crippen molar-refractivity contribution in [1.82, 2.24) is 9.62 Å². The van der Waals surface area contributed by atoms with Gasteiger partial charge in [-0.1, -0.05) is 62.4 Å². The van der Waals surface area contributed by atoms with E-state index in [1.165, 1.54) is 4.31 Å². The van der Waals surface area contributed by atoms with Crippen LogP contribution in [0.25, 0.3) is 0 Å². The van der Waals surface area contributed by atoms with E-state index in [-0.39, 0.29) is 42.1 Å². The average Bonchev–Trinajstić information content (AvgIpc) is 2.78. The molecular formula is C26H39N3O4S. The highest BCUT2D eigenvalue weighted by atomic mass is 32.2. The summed E-state index contributed by atoms with van der Waals surface area (Å²) in [6.07, 6.45) is 2.16. The summed E-state index contributed by atoms with van der Waals surface area (Å²) in [5, 5.41) is 15.3. The monoisotopic (exact) mass is 489 g/mol. The second kappa shape index (κ2) is 13.0. The molecule has 2 rings (SSSR count). The molecule has 7 nitrogen and oxygen atoms in total. The molecule has 2 atom stereocenters. The first-order valence-corrected chi connectivity index (χ1v) is 13.3. The summed E-state index contributed by atoms with van der Waals surface area (Å²) in [4.78, 5) is 11.1. The number of nitrogens with zero attached hydrogens (tertiary/aromatic N) is 1.